The van der Waals surface area contributed by atoms with E-state index in [4.69, 9.17) is 0 Å². The first-order valence-corrected chi connectivity index (χ1v) is 5.25. The summed E-state index contributed by atoms with van der Waals surface area (Å²) in [5.74, 6) is -0.153. The molecule has 0 aliphatic rings. The predicted molar refractivity (Wildman–Crippen MR) is 58.6 cm³/mol. The summed E-state index contributed by atoms with van der Waals surface area (Å²) in [7, 11) is 0. The summed E-state index contributed by atoms with van der Waals surface area (Å²) in [6.07, 6.45) is -4.62. The SMILES string of the molecule is FC(F)(F)Oc1cccc(I)c1I. The monoisotopic (exact) mass is 414 g/mol. The molecule has 0 aromatic heterocycles. The van der Waals surface area contributed by atoms with Crippen LogP contribution in [-0.4, -0.2) is 6.36 Å². The van der Waals surface area contributed by atoms with Crippen molar-refractivity contribution in [1.29, 1.82) is 0 Å². The second-order valence-corrected chi connectivity index (χ2v) is 4.34. The molecule has 1 aromatic rings. The fraction of sp³-hybridized carbons (Fsp3) is 0.143. The summed E-state index contributed by atoms with van der Waals surface area (Å²) in [6, 6.07) is 4.52. The van der Waals surface area contributed by atoms with Crippen LogP contribution in [0.4, 0.5) is 13.2 Å². The van der Waals surface area contributed by atoms with Gasteiger partial charge in [0, 0.05) is 3.57 Å². The van der Waals surface area contributed by atoms with E-state index in [1.807, 2.05) is 45.2 Å². The van der Waals surface area contributed by atoms with Crippen molar-refractivity contribution >= 4 is 45.2 Å². The van der Waals surface area contributed by atoms with E-state index < -0.39 is 6.36 Å². The summed E-state index contributed by atoms with van der Waals surface area (Å²) in [5, 5.41) is 0. The average molecular weight is 414 g/mol. The van der Waals surface area contributed by atoms with E-state index in [2.05, 4.69) is 4.74 Å². The van der Waals surface area contributed by atoms with E-state index in [0.29, 0.717) is 3.57 Å². The van der Waals surface area contributed by atoms with Crippen LogP contribution in [0.3, 0.4) is 0 Å². The third kappa shape index (κ3) is 3.49. The van der Waals surface area contributed by atoms with Crippen LogP contribution < -0.4 is 4.74 Å². The lowest BCUT2D eigenvalue weighted by Gasteiger charge is -2.10. The largest absolute Gasteiger partial charge is 0.573 e. The molecule has 0 radical (unpaired) electrons. The Kier molecular flexibility index (Phi) is 3.66. The summed E-state index contributed by atoms with van der Waals surface area (Å²) >= 11 is 3.76. The van der Waals surface area contributed by atoms with Crippen LogP contribution in [0.25, 0.3) is 0 Å². The molecule has 1 aromatic carbocycles. The van der Waals surface area contributed by atoms with Gasteiger partial charge in [-0.2, -0.15) is 0 Å². The van der Waals surface area contributed by atoms with Gasteiger partial charge >= 0.3 is 6.36 Å². The number of hydrogen-bond donors (Lipinski definition) is 0. The van der Waals surface area contributed by atoms with E-state index in [1.54, 1.807) is 6.07 Å². The van der Waals surface area contributed by atoms with E-state index in [0.717, 1.165) is 3.57 Å². The summed E-state index contributed by atoms with van der Waals surface area (Å²) in [4.78, 5) is 0. The van der Waals surface area contributed by atoms with E-state index in [1.165, 1.54) is 12.1 Å². The van der Waals surface area contributed by atoms with E-state index in [9.17, 15) is 13.2 Å². The molecule has 0 bridgehead atoms. The number of alkyl halides is 3. The van der Waals surface area contributed by atoms with Gasteiger partial charge in [0.25, 0.3) is 0 Å². The Labute approximate surface area is 99.9 Å². The van der Waals surface area contributed by atoms with Gasteiger partial charge in [0.1, 0.15) is 5.75 Å². The molecule has 6 heteroatoms. The molecule has 1 nitrogen and oxygen atoms in total. The molecule has 72 valence electrons. The molecule has 0 fully saturated rings. The molecule has 0 heterocycles. The first kappa shape index (κ1) is 11.3. The highest BCUT2D eigenvalue weighted by molar-refractivity contribution is 14.1. The zero-order valence-electron chi connectivity index (χ0n) is 6.03. The molecular weight excluding hydrogens is 411 g/mol. The van der Waals surface area contributed by atoms with Crippen molar-refractivity contribution in [3.8, 4) is 5.75 Å². The third-order valence-electron chi connectivity index (χ3n) is 1.14. The maximum Gasteiger partial charge on any atom is 0.573 e. The molecule has 0 unspecified atom stereocenters. The van der Waals surface area contributed by atoms with Gasteiger partial charge in [-0.05, 0) is 57.3 Å². The van der Waals surface area contributed by atoms with Gasteiger partial charge in [0.05, 0.1) is 3.57 Å². The highest BCUT2D eigenvalue weighted by Gasteiger charge is 2.32. The topological polar surface area (TPSA) is 9.23 Å². The van der Waals surface area contributed by atoms with Crippen LogP contribution in [0.5, 0.6) is 5.75 Å². The summed E-state index contributed by atoms with van der Waals surface area (Å²) < 4.78 is 40.5. The van der Waals surface area contributed by atoms with Crippen molar-refractivity contribution in [3.63, 3.8) is 0 Å². The van der Waals surface area contributed by atoms with E-state index in [-0.39, 0.29) is 5.75 Å². The molecule has 1 rings (SSSR count). The molecule has 0 amide bonds. The maximum atomic E-state index is 11.8. The van der Waals surface area contributed by atoms with Gasteiger partial charge in [0.15, 0.2) is 0 Å². The van der Waals surface area contributed by atoms with Crippen molar-refractivity contribution < 1.29 is 17.9 Å². The van der Waals surface area contributed by atoms with Gasteiger partial charge < -0.3 is 4.74 Å². The van der Waals surface area contributed by atoms with E-state index >= 15 is 0 Å². The van der Waals surface area contributed by atoms with Crippen molar-refractivity contribution in [2.45, 2.75) is 6.36 Å². The quantitative estimate of drug-likeness (QED) is 0.636. The van der Waals surface area contributed by atoms with Crippen molar-refractivity contribution in [1.82, 2.24) is 0 Å². The molecule has 0 aliphatic heterocycles. The van der Waals surface area contributed by atoms with Gasteiger partial charge in [0.2, 0.25) is 0 Å². The smallest absolute Gasteiger partial charge is 0.405 e. The number of rotatable bonds is 1. The first-order valence-electron chi connectivity index (χ1n) is 3.10. The molecule has 0 N–H and O–H groups in total. The van der Waals surface area contributed by atoms with Gasteiger partial charge in [-0.3, -0.25) is 0 Å². The van der Waals surface area contributed by atoms with Crippen LogP contribution in [0.15, 0.2) is 18.2 Å². The minimum Gasteiger partial charge on any atom is -0.405 e. The predicted octanol–water partition coefficient (Wildman–Crippen LogP) is 3.79. The Bertz CT molecular complexity index is 311. The Morgan fingerprint density at radius 3 is 2.31 bits per heavy atom. The highest BCUT2D eigenvalue weighted by Crippen LogP contribution is 2.30. The summed E-state index contributed by atoms with van der Waals surface area (Å²) in [6.45, 7) is 0. The first-order chi connectivity index (χ1) is 5.90. The molecular formula is C7H3F3I2O. The van der Waals surface area contributed by atoms with Crippen molar-refractivity contribution in [2.24, 2.45) is 0 Å². The Balaban J connectivity index is 2.96. The molecule has 0 saturated heterocycles. The Morgan fingerprint density at radius 1 is 1.15 bits per heavy atom. The zero-order valence-corrected chi connectivity index (χ0v) is 10.3. The van der Waals surface area contributed by atoms with Gasteiger partial charge in [-0.15, -0.1) is 13.2 Å². The fourth-order valence-electron chi connectivity index (χ4n) is 0.688. The van der Waals surface area contributed by atoms with Crippen molar-refractivity contribution in [2.75, 3.05) is 0 Å². The Morgan fingerprint density at radius 2 is 1.77 bits per heavy atom. The maximum absolute atomic E-state index is 11.8. The number of benzene rings is 1. The van der Waals surface area contributed by atoms with Crippen LogP contribution in [0.1, 0.15) is 0 Å². The van der Waals surface area contributed by atoms with Crippen LogP contribution in [0, 0.1) is 7.14 Å². The third-order valence-corrected chi connectivity index (χ3v) is 4.19. The second kappa shape index (κ2) is 4.20. The fourth-order valence-corrected chi connectivity index (χ4v) is 1.63. The minimum atomic E-state index is -4.62. The lowest BCUT2D eigenvalue weighted by molar-refractivity contribution is -0.275. The number of hydrogen-bond acceptors (Lipinski definition) is 1. The highest BCUT2D eigenvalue weighted by atomic mass is 127. The molecule has 0 spiro atoms. The van der Waals surface area contributed by atoms with Gasteiger partial charge in [-0.25, -0.2) is 0 Å². The normalized spacial score (nSPS) is 11.5. The molecule has 0 aliphatic carbocycles. The minimum absolute atomic E-state index is 0.153. The average Bonchev–Trinajstić information content (AvgIpc) is 1.96. The van der Waals surface area contributed by atoms with Crippen LogP contribution in [-0.2, 0) is 0 Å². The van der Waals surface area contributed by atoms with Crippen LogP contribution in [0.2, 0.25) is 0 Å². The Hall–Kier alpha value is 0.270. The van der Waals surface area contributed by atoms with Gasteiger partial charge in [-0.1, -0.05) is 6.07 Å². The lowest BCUT2D eigenvalue weighted by atomic mass is 10.3. The lowest BCUT2D eigenvalue weighted by Crippen LogP contribution is -2.17. The molecule has 0 atom stereocenters. The number of halogens is 5. The number of ether oxygens (including phenoxy) is 1. The zero-order chi connectivity index (χ0) is 10.1. The van der Waals surface area contributed by atoms with Crippen molar-refractivity contribution in [3.05, 3.63) is 25.3 Å². The summed E-state index contributed by atoms with van der Waals surface area (Å²) in [5.41, 5.74) is 0. The van der Waals surface area contributed by atoms with Crippen LogP contribution >= 0.6 is 45.2 Å². The molecule has 13 heavy (non-hydrogen) atoms. The standard InChI is InChI=1S/C7H3F3I2O/c8-7(9,10)13-5-3-1-2-4(11)6(5)12/h1-3H. The molecule has 0 saturated carbocycles. The second-order valence-electron chi connectivity index (χ2n) is 2.10.